The lowest BCUT2D eigenvalue weighted by Crippen LogP contribution is -2.25. The van der Waals surface area contributed by atoms with Gasteiger partial charge < -0.3 is 14.4 Å². The van der Waals surface area contributed by atoms with E-state index < -0.39 is 18.0 Å². The van der Waals surface area contributed by atoms with Crippen molar-refractivity contribution in [1.82, 2.24) is 29.6 Å². The van der Waals surface area contributed by atoms with Crippen LogP contribution in [-0.2, 0) is 0 Å². The molecular weight excluding hydrogens is 480 g/mol. The lowest BCUT2D eigenvalue weighted by Gasteiger charge is -2.26. The first-order valence-corrected chi connectivity index (χ1v) is 11.7. The van der Waals surface area contributed by atoms with Crippen LogP contribution in [0.1, 0.15) is 18.0 Å². The molecule has 3 aromatic heterocycles. The Labute approximate surface area is 210 Å². The van der Waals surface area contributed by atoms with Gasteiger partial charge in [-0.05, 0) is 54.6 Å². The number of benzene rings is 2. The maximum atomic E-state index is 14.7. The van der Waals surface area contributed by atoms with Gasteiger partial charge in [-0.3, -0.25) is 0 Å². The number of nitrogens with zero attached hydrogens (tertiary/aromatic N) is 7. The van der Waals surface area contributed by atoms with Gasteiger partial charge in [0, 0.05) is 12.0 Å². The molecule has 0 bridgehead atoms. The number of methoxy groups -OCH3 is 2. The van der Waals surface area contributed by atoms with Crippen molar-refractivity contribution in [2.24, 2.45) is 0 Å². The number of hydrogen-bond acceptors (Lipinski definition) is 7. The van der Waals surface area contributed by atoms with Crippen LogP contribution in [0.5, 0.6) is 11.5 Å². The maximum Gasteiger partial charge on any atom is 0.154 e. The molecule has 0 radical (unpaired) electrons. The van der Waals surface area contributed by atoms with Crippen LogP contribution in [0.3, 0.4) is 0 Å². The topological polar surface area (TPSA) is 82.6 Å². The number of hydrogen-bond donors (Lipinski definition) is 0. The van der Waals surface area contributed by atoms with Crippen LogP contribution in [0.4, 0.5) is 14.6 Å². The molecule has 0 spiro atoms. The third-order valence-corrected chi connectivity index (χ3v) is 6.54. The fourth-order valence-electron chi connectivity index (χ4n) is 4.73. The van der Waals surface area contributed by atoms with E-state index in [1.165, 1.54) is 19.2 Å². The highest BCUT2D eigenvalue weighted by atomic mass is 19.1. The van der Waals surface area contributed by atoms with Gasteiger partial charge in [0.1, 0.15) is 40.7 Å². The Kier molecular flexibility index (Phi) is 5.67. The van der Waals surface area contributed by atoms with Crippen LogP contribution >= 0.6 is 0 Å². The Morgan fingerprint density at radius 1 is 1.00 bits per heavy atom. The van der Waals surface area contributed by atoms with Crippen LogP contribution in [0.15, 0.2) is 67.0 Å². The minimum atomic E-state index is -1.10. The predicted octanol–water partition coefficient (Wildman–Crippen LogP) is 4.42. The van der Waals surface area contributed by atoms with Gasteiger partial charge in [0.2, 0.25) is 0 Å². The average molecular weight is 504 g/mol. The second kappa shape index (κ2) is 9.16. The minimum absolute atomic E-state index is 0.126. The molecule has 1 aliphatic rings. The van der Waals surface area contributed by atoms with E-state index in [0.29, 0.717) is 34.2 Å². The van der Waals surface area contributed by atoms with E-state index >= 15 is 0 Å². The van der Waals surface area contributed by atoms with E-state index in [4.69, 9.17) is 14.6 Å². The Balaban J connectivity index is 1.36. The molecule has 1 saturated heterocycles. The van der Waals surface area contributed by atoms with Crippen LogP contribution in [0.25, 0.3) is 22.7 Å². The highest BCUT2D eigenvalue weighted by Crippen LogP contribution is 2.40. The van der Waals surface area contributed by atoms with E-state index in [-0.39, 0.29) is 13.0 Å². The molecule has 5 aromatic rings. The second-order valence-corrected chi connectivity index (χ2v) is 8.74. The zero-order chi connectivity index (χ0) is 25.5. The van der Waals surface area contributed by atoms with Crippen LogP contribution in [-0.4, -0.2) is 56.5 Å². The Morgan fingerprint density at radius 3 is 2.62 bits per heavy atom. The monoisotopic (exact) mass is 503 g/mol. The molecule has 9 nitrogen and oxygen atoms in total. The molecule has 6 rings (SSSR count). The predicted molar refractivity (Wildman–Crippen MR) is 132 cm³/mol. The first kappa shape index (κ1) is 22.9. The second-order valence-electron chi connectivity index (χ2n) is 8.74. The van der Waals surface area contributed by atoms with Crippen molar-refractivity contribution in [3.8, 4) is 28.6 Å². The zero-order valence-corrected chi connectivity index (χ0v) is 20.1. The number of alkyl halides is 1. The molecule has 0 saturated carbocycles. The molecule has 11 heteroatoms. The van der Waals surface area contributed by atoms with Crippen LogP contribution < -0.4 is 14.4 Å². The van der Waals surface area contributed by atoms with E-state index in [0.717, 1.165) is 11.4 Å². The summed E-state index contributed by atoms with van der Waals surface area (Å²) in [6.07, 6.45) is 2.56. The van der Waals surface area contributed by atoms with Crippen molar-refractivity contribution >= 4 is 11.5 Å². The summed E-state index contributed by atoms with van der Waals surface area (Å²) in [6.45, 7) is 0.126. The third-order valence-electron chi connectivity index (χ3n) is 6.54. The van der Waals surface area contributed by atoms with E-state index in [1.807, 2.05) is 35.2 Å². The molecule has 0 aliphatic carbocycles. The molecule has 1 aliphatic heterocycles. The minimum Gasteiger partial charge on any atom is -0.497 e. The van der Waals surface area contributed by atoms with Crippen molar-refractivity contribution in [2.75, 3.05) is 25.7 Å². The number of halogens is 2. The van der Waals surface area contributed by atoms with Crippen molar-refractivity contribution in [3.05, 3.63) is 78.4 Å². The van der Waals surface area contributed by atoms with Crippen LogP contribution in [0.2, 0.25) is 0 Å². The van der Waals surface area contributed by atoms with Gasteiger partial charge in [0.25, 0.3) is 0 Å². The van der Waals surface area contributed by atoms with E-state index in [1.54, 1.807) is 40.8 Å². The van der Waals surface area contributed by atoms with Gasteiger partial charge in [-0.2, -0.15) is 0 Å². The maximum absolute atomic E-state index is 14.7. The summed E-state index contributed by atoms with van der Waals surface area (Å²) < 4.78 is 42.8. The first-order chi connectivity index (χ1) is 18.0. The first-order valence-electron chi connectivity index (χ1n) is 11.7. The number of aromatic nitrogens is 6. The lowest BCUT2D eigenvalue weighted by molar-refractivity contribution is 0.354. The quantitative estimate of drug-likeness (QED) is 0.339. The fourth-order valence-corrected chi connectivity index (χ4v) is 4.73. The molecule has 2 atom stereocenters. The zero-order valence-electron chi connectivity index (χ0n) is 20.1. The smallest absolute Gasteiger partial charge is 0.154 e. The summed E-state index contributed by atoms with van der Waals surface area (Å²) in [6, 6.07) is 14.9. The molecular formula is C26H23F2N7O2. The standard InChI is InChI=1S/C26H23F2N7O2/c1-36-19-6-4-18(5-7-19)34-15-21(30-32-34)23-13-29-25-9-10-26(31-35(23)25)33-14-17(28)12-22(33)20-11-16(27)3-8-24(20)37-2/h3-11,13,15,17,22H,12,14H2,1-2H3/t17-,22+/m0/s1. The van der Waals surface area contributed by atoms with Gasteiger partial charge in [0.15, 0.2) is 5.65 Å². The molecule has 0 unspecified atom stereocenters. The number of fused-ring (bicyclic) bond motifs is 1. The number of ether oxygens (including phenoxy) is 2. The van der Waals surface area contributed by atoms with Crippen molar-refractivity contribution < 1.29 is 18.3 Å². The number of anilines is 1. The number of rotatable bonds is 6. The fraction of sp³-hybridized carbons (Fsp3) is 0.231. The summed E-state index contributed by atoms with van der Waals surface area (Å²) in [7, 11) is 3.13. The molecule has 188 valence electrons. The van der Waals surface area contributed by atoms with Gasteiger partial charge in [0.05, 0.1) is 44.9 Å². The average Bonchev–Trinajstić information content (AvgIpc) is 3.66. The SMILES string of the molecule is COc1ccc(-n2cc(-c3cnc4ccc(N5C[C@@H](F)C[C@@H]5c5cc(F)ccc5OC)nn34)nn2)cc1. The van der Waals surface area contributed by atoms with Gasteiger partial charge in [-0.1, -0.05) is 5.21 Å². The Hall–Kier alpha value is -4.54. The van der Waals surface area contributed by atoms with E-state index in [9.17, 15) is 8.78 Å². The van der Waals surface area contributed by atoms with Crippen molar-refractivity contribution in [3.63, 3.8) is 0 Å². The summed E-state index contributed by atoms with van der Waals surface area (Å²) in [5.41, 5.74) is 3.21. The molecule has 0 amide bonds. The Bertz CT molecular complexity index is 1570. The normalized spacial score (nSPS) is 17.5. The van der Waals surface area contributed by atoms with Crippen molar-refractivity contribution in [2.45, 2.75) is 18.6 Å². The molecule has 0 N–H and O–H groups in total. The molecule has 37 heavy (non-hydrogen) atoms. The van der Waals surface area contributed by atoms with Crippen LogP contribution in [0, 0.1) is 5.82 Å². The summed E-state index contributed by atoms with van der Waals surface area (Å²) >= 11 is 0. The highest BCUT2D eigenvalue weighted by Gasteiger charge is 2.36. The van der Waals surface area contributed by atoms with Gasteiger partial charge >= 0.3 is 0 Å². The Morgan fingerprint density at radius 2 is 1.84 bits per heavy atom. The van der Waals surface area contributed by atoms with Gasteiger partial charge in [-0.15, -0.1) is 10.2 Å². The number of imidazole rings is 1. The van der Waals surface area contributed by atoms with Crippen molar-refractivity contribution in [1.29, 1.82) is 0 Å². The third kappa shape index (κ3) is 4.11. The highest BCUT2D eigenvalue weighted by molar-refractivity contribution is 5.60. The summed E-state index contributed by atoms with van der Waals surface area (Å²) in [4.78, 5) is 6.28. The summed E-state index contributed by atoms with van der Waals surface area (Å²) in [5, 5.41) is 13.3. The molecule has 1 fully saturated rings. The molecule has 2 aromatic carbocycles. The van der Waals surface area contributed by atoms with Gasteiger partial charge in [-0.25, -0.2) is 23.0 Å². The summed E-state index contributed by atoms with van der Waals surface area (Å²) in [5.74, 6) is 1.38. The molecule has 4 heterocycles. The lowest BCUT2D eigenvalue weighted by atomic mass is 10.0. The van der Waals surface area contributed by atoms with E-state index in [2.05, 4.69) is 15.3 Å². The largest absolute Gasteiger partial charge is 0.497 e.